The van der Waals surface area contributed by atoms with E-state index >= 15 is 0 Å². The van der Waals surface area contributed by atoms with Crippen LogP contribution in [0.1, 0.15) is 16.9 Å². The molecule has 1 aromatic carbocycles. The van der Waals surface area contributed by atoms with Gasteiger partial charge < -0.3 is 19.3 Å². The SMILES string of the molecule is Cn1c(C(=O)N2CCOCC2CC(=O)O)ccc1-c1ccccc1. The highest BCUT2D eigenvalue weighted by Crippen LogP contribution is 2.23. The quantitative estimate of drug-likeness (QED) is 0.932. The highest BCUT2D eigenvalue weighted by molar-refractivity contribution is 5.94. The number of benzene rings is 1. The van der Waals surface area contributed by atoms with Gasteiger partial charge in [0.2, 0.25) is 0 Å². The van der Waals surface area contributed by atoms with Gasteiger partial charge in [-0.2, -0.15) is 0 Å². The standard InChI is InChI=1S/C18H20N2O4/c1-19-15(13-5-3-2-4-6-13)7-8-16(19)18(23)20-9-10-24-12-14(20)11-17(21)22/h2-8,14H,9-12H2,1H3,(H,21,22). The molecule has 1 fully saturated rings. The van der Waals surface area contributed by atoms with Crippen LogP contribution in [0.5, 0.6) is 0 Å². The van der Waals surface area contributed by atoms with Gasteiger partial charge in [0.15, 0.2) is 0 Å². The molecular formula is C18H20N2O4. The molecule has 2 heterocycles. The Morgan fingerprint density at radius 1 is 1.21 bits per heavy atom. The molecule has 1 aliphatic heterocycles. The third-order valence-electron chi connectivity index (χ3n) is 4.31. The van der Waals surface area contributed by atoms with Crippen molar-refractivity contribution in [3.8, 4) is 11.3 Å². The fraction of sp³-hybridized carbons (Fsp3) is 0.333. The third kappa shape index (κ3) is 3.19. The first-order valence-corrected chi connectivity index (χ1v) is 7.89. The Morgan fingerprint density at radius 2 is 1.96 bits per heavy atom. The first kappa shape index (κ1) is 16.3. The molecule has 0 saturated carbocycles. The van der Waals surface area contributed by atoms with Gasteiger partial charge in [-0.25, -0.2) is 0 Å². The van der Waals surface area contributed by atoms with E-state index in [2.05, 4.69) is 0 Å². The van der Waals surface area contributed by atoms with Crippen LogP contribution < -0.4 is 0 Å². The number of nitrogens with zero attached hydrogens (tertiary/aromatic N) is 2. The summed E-state index contributed by atoms with van der Waals surface area (Å²) >= 11 is 0. The summed E-state index contributed by atoms with van der Waals surface area (Å²) in [5.74, 6) is -1.09. The molecule has 0 aliphatic carbocycles. The number of carboxylic acid groups (broad SMARTS) is 1. The summed E-state index contributed by atoms with van der Waals surface area (Å²) in [7, 11) is 1.85. The average molecular weight is 328 g/mol. The van der Waals surface area contributed by atoms with Gasteiger partial charge in [0, 0.05) is 19.3 Å². The minimum Gasteiger partial charge on any atom is -0.481 e. The number of rotatable bonds is 4. The van der Waals surface area contributed by atoms with Crippen molar-refractivity contribution in [2.75, 3.05) is 19.8 Å². The Kier molecular flexibility index (Phi) is 4.66. The van der Waals surface area contributed by atoms with E-state index in [0.29, 0.717) is 18.8 Å². The van der Waals surface area contributed by atoms with Crippen LogP contribution in [0.3, 0.4) is 0 Å². The fourth-order valence-corrected chi connectivity index (χ4v) is 3.06. The van der Waals surface area contributed by atoms with Crippen molar-refractivity contribution < 1.29 is 19.4 Å². The molecule has 1 aliphatic rings. The highest BCUT2D eigenvalue weighted by Gasteiger charge is 2.31. The predicted octanol–water partition coefficient (Wildman–Crippen LogP) is 2.01. The first-order chi connectivity index (χ1) is 11.6. The normalized spacial score (nSPS) is 17.7. The summed E-state index contributed by atoms with van der Waals surface area (Å²) in [5, 5.41) is 9.04. The van der Waals surface area contributed by atoms with Crippen molar-refractivity contribution in [2.45, 2.75) is 12.5 Å². The highest BCUT2D eigenvalue weighted by atomic mass is 16.5. The lowest BCUT2D eigenvalue weighted by molar-refractivity contribution is -0.139. The van der Waals surface area contributed by atoms with Crippen LogP contribution in [0, 0.1) is 0 Å². The zero-order chi connectivity index (χ0) is 17.1. The van der Waals surface area contributed by atoms with E-state index in [4.69, 9.17) is 9.84 Å². The molecule has 126 valence electrons. The number of carbonyl (C=O) groups excluding carboxylic acids is 1. The van der Waals surface area contributed by atoms with Crippen LogP contribution in [0.2, 0.25) is 0 Å². The van der Waals surface area contributed by atoms with Gasteiger partial charge in [-0.15, -0.1) is 0 Å². The van der Waals surface area contributed by atoms with E-state index in [1.807, 2.05) is 48.0 Å². The zero-order valence-electron chi connectivity index (χ0n) is 13.5. The molecule has 6 nitrogen and oxygen atoms in total. The first-order valence-electron chi connectivity index (χ1n) is 7.89. The van der Waals surface area contributed by atoms with Gasteiger partial charge in [-0.05, 0) is 17.7 Å². The Labute approximate surface area is 140 Å². The monoisotopic (exact) mass is 328 g/mol. The second kappa shape index (κ2) is 6.88. The maximum Gasteiger partial charge on any atom is 0.305 e. The molecule has 1 amide bonds. The molecule has 0 radical (unpaired) electrons. The average Bonchev–Trinajstić information content (AvgIpc) is 2.96. The Hall–Kier alpha value is -2.60. The number of aromatic nitrogens is 1. The minimum absolute atomic E-state index is 0.109. The third-order valence-corrected chi connectivity index (χ3v) is 4.31. The largest absolute Gasteiger partial charge is 0.481 e. The van der Waals surface area contributed by atoms with E-state index in [0.717, 1.165) is 11.3 Å². The van der Waals surface area contributed by atoms with Crippen molar-refractivity contribution >= 4 is 11.9 Å². The van der Waals surface area contributed by atoms with Crippen molar-refractivity contribution in [3.05, 3.63) is 48.2 Å². The molecule has 1 unspecified atom stereocenters. The lowest BCUT2D eigenvalue weighted by Crippen LogP contribution is -2.49. The topological polar surface area (TPSA) is 71.8 Å². The van der Waals surface area contributed by atoms with Gasteiger partial charge in [-0.3, -0.25) is 9.59 Å². The number of morpholine rings is 1. The summed E-state index contributed by atoms with van der Waals surface area (Å²) < 4.78 is 7.19. The van der Waals surface area contributed by atoms with Gasteiger partial charge in [0.1, 0.15) is 5.69 Å². The van der Waals surface area contributed by atoms with E-state index in [1.54, 1.807) is 11.0 Å². The maximum absolute atomic E-state index is 12.9. The van der Waals surface area contributed by atoms with Crippen molar-refractivity contribution in [1.82, 2.24) is 9.47 Å². The number of carboxylic acids is 1. The number of carbonyl (C=O) groups is 2. The molecule has 2 aromatic rings. The van der Waals surface area contributed by atoms with Crippen molar-refractivity contribution in [3.63, 3.8) is 0 Å². The molecule has 6 heteroatoms. The van der Waals surface area contributed by atoms with Gasteiger partial charge in [0.25, 0.3) is 5.91 Å². The summed E-state index contributed by atoms with van der Waals surface area (Å²) in [4.78, 5) is 25.6. The van der Waals surface area contributed by atoms with Gasteiger partial charge >= 0.3 is 5.97 Å². The van der Waals surface area contributed by atoms with Gasteiger partial charge in [0.05, 0.1) is 25.7 Å². The number of hydrogen-bond acceptors (Lipinski definition) is 3. The molecule has 1 saturated heterocycles. The molecular weight excluding hydrogens is 308 g/mol. The molecule has 1 aromatic heterocycles. The lowest BCUT2D eigenvalue weighted by atomic mass is 10.1. The van der Waals surface area contributed by atoms with Crippen molar-refractivity contribution in [1.29, 1.82) is 0 Å². The number of amides is 1. The summed E-state index contributed by atoms with van der Waals surface area (Å²) in [6, 6.07) is 13.1. The van der Waals surface area contributed by atoms with E-state index < -0.39 is 12.0 Å². The van der Waals surface area contributed by atoms with Crippen LogP contribution in [-0.2, 0) is 16.6 Å². The van der Waals surface area contributed by atoms with Crippen molar-refractivity contribution in [2.24, 2.45) is 7.05 Å². The van der Waals surface area contributed by atoms with Crippen LogP contribution in [-0.4, -0.2) is 52.3 Å². The second-order valence-electron chi connectivity index (χ2n) is 5.85. The summed E-state index contributed by atoms with van der Waals surface area (Å²) in [5.41, 5.74) is 2.52. The Bertz CT molecular complexity index is 739. The smallest absolute Gasteiger partial charge is 0.305 e. The minimum atomic E-state index is -0.930. The van der Waals surface area contributed by atoms with Crippen LogP contribution >= 0.6 is 0 Å². The lowest BCUT2D eigenvalue weighted by Gasteiger charge is -2.34. The molecule has 0 spiro atoms. The molecule has 0 bridgehead atoms. The number of hydrogen-bond donors (Lipinski definition) is 1. The summed E-state index contributed by atoms with van der Waals surface area (Å²) in [6.45, 7) is 1.09. The Balaban J connectivity index is 1.87. The summed E-state index contributed by atoms with van der Waals surface area (Å²) in [6.07, 6.45) is -0.109. The molecule has 1 N–H and O–H groups in total. The maximum atomic E-state index is 12.9. The Morgan fingerprint density at radius 3 is 2.67 bits per heavy atom. The molecule has 24 heavy (non-hydrogen) atoms. The zero-order valence-corrected chi connectivity index (χ0v) is 13.5. The van der Waals surface area contributed by atoms with Crippen LogP contribution in [0.15, 0.2) is 42.5 Å². The van der Waals surface area contributed by atoms with E-state index in [9.17, 15) is 9.59 Å². The predicted molar refractivity (Wildman–Crippen MR) is 88.7 cm³/mol. The molecule has 3 rings (SSSR count). The number of ether oxygens (including phenoxy) is 1. The number of aliphatic carboxylic acids is 1. The second-order valence-corrected chi connectivity index (χ2v) is 5.85. The fourth-order valence-electron chi connectivity index (χ4n) is 3.06. The van der Waals surface area contributed by atoms with E-state index in [1.165, 1.54) is 0 Å². The van der Waals surface area contributed by atoms with Crippen LogP contribution in [0.25, 0.3) is 11.3 Å². The van der Waals surface area contributed by atoms with Gasteiger partial charge in [-0.1, -0.05) is 30.3 Å². The van der Waals surface area contributed by atoms with Crippen LogP contribution in [0.4, 0.5) is 0 Å². The van der Waals surface area contributed by atoms with E-state index in [-0.39, 0.29) is 18.9 Å². The molecule has 1 atom stereocenters.